The van der Waals surface area contributed by atoms with Gasteiger partial charge >= 0.3 is 6.09 Å². The lowest BCUT2D eigenvalue weighted by Crippen LogP contribution is -2.38. The van der Waals surface area contributed by atoms with E-state index in [0.29, 0.717) is 0 Å². The van der Waals surface area contributed by atoms with Crippen LogP contribution in [-0.4, -0.2) is 17.8 Å². The van der Waals surface area contributed by atoms with Gasteiger partial charge in [0.15, 0.2) is 0 Å². The Morgan fingerprint density at radius 2 is 1.73 bits per heavy atom. The number of anilines is 1. The van der Waals surface area contributed by atoms with E-state index in [-0.39, 0.29) is 17.1 Å². The minimum atomic E-state index is -0.398. The first kappa shape index (κ1) is 20.5. The van der Waals surface area contributed by atoms with Gasteiger partial charge in [-0.2, -0.15) is 0 Å². The number of hydrogen-bond acceptors (Lipinski definition) is 4. The first-order chi connectivity index (χ1) is 14.3. The van der Waals surface area contributed by atoms with Gasteiger partial charge in [0.05, 0.1) is 5.70 Å². The number of carbonyl (C=O) groups is 1. The third-order valence-electron chi connectivity index (χ3n) is 5.91. The monoisotopic (exact) mass is 406 g/mol. The summed E-state index contributed by atoms with van der Waals surface area (Å²) in [4.78, 5) is 18.3. The minimum absolute atomic E-state index is 0.0864. The van der Waals surface area contributed by atoms with E-state index in [0.717, 1.165) is 42.6 Å². The summed E-state index contributed by atoms with van der Waals surface area (Å²) in [5.74, 6) is 0. The molecule has 1 spiro atoms. The lowest BCUT2D eigenvalue weighted by atomic mass is 9.82. The van der Waals surface area contributed by atoms with E-state index in [1.165, 1.54) is 5.56 Å². The molecule has 5 heteroatoms. The summed E-state index contributed by atoms with van der Waals surface area (Å²) in [7, 11) is 0. The van der Waals surface area contributed by atoms with Crippen molar-refractivity contribution in [1.82, 2.24) is 5.48 Å². The summed E-state index contributed by atoms with van der Waals surface area (Å²) >= 11 is 0. The maximum Gasteiger partial charge on any atom is 0.411 e. The molecule has 5 nitrogen and oxygen atoms in total. The van der Waals surface area contributed by atoms with Crippen LogP contribution in [0.2, 0.25) is 0 Å². The van der Waals surface area contributed by atoms with E-state index in [2.05, 4.69) is 49.8 Å². The molecule has 1 saturated carbocycles. The molecule has 2 N–H and O–H groups in total. The van der Waals surface area contributed by atoms with Crippen LogP contribution >= 0.6 is 0 Å². The number of ether oxygens (including phenoxy) is 1. The van der Waals surface area contributed by atoms with Crippen molar-refractivity contribution in [3.05, 3.63) is 71.8 Å². The predicted molar refractivity (Wildman–Crippen MR) is 119 cm³/mol. The van der Waals surface area contributed by atoms with E-state index in [9.17, 15) is 4.79 Å². The molecular formula is C25H30N2O3. The molecule has 0 atom stereocenters. The van der Waals surface area contributed by atoms with E-state index < -0.39 is 6.09 Å². The molecule has 1 amide bonds. The van der Waals surface area contributed by atoms with Crippen LogP contribution in [0, 0.1) is 0 Å². The molecule has 30 heavy (non-hydrogen) atoms. The molecule has 1 fully saturated rings. The zero-order valence-electron chi connectivity index (χ0n) is 17.9. The Labute approximate surface area is 178 Å². The Kier molecular flexibility index (Phi) is 5.56. The zero-order valence-corrected chi connectivity index (χ0v) is 17.9. The fourth-order valence-corrected chi connectivity index (χ4v) is 4.04. The molecule has 158 valence electrons. The van der Waals surface area contributed by atoms with Crippen molar-refractivity contribution >= 4 is 17.5 Å². The normalized spacial score (nSPS) is 23.6. The standard InChI is InChI=1S/C25H30N2O3/c1-24(2,3)19-9-11-20(12-10-19)26-23(28)29-21-13-15-25(16-14-21)17-22(27-30-25)18-7-5-4-6-8-18/h4-12,17,21,27H,13-16H2,1-3H3,(H,26,28). The minimum Gasteiger partial charge on any atom is -0.446 e. The van der Waals surface area contributed by atoms with Crippen LogP contribution in [0.25, 0.3) is 5.70 Å². The van der Waals surface area contributed by atoms with E-state index in [4.69, 9.17) is 9.57 Å². The highest BCUT2D eigenvalue weighted by Crippen LogP contribution is 2.39. The van der Waals surface area contributed by atoms with Crippen molar-refractivity contribution in [2.75, 3.05) is 5.32 Å². The molecule has 0 aromatic heterocycles. The van der Waals surface area contributed by atoms with Crippen molar-refractivity contribution in [2.24, 2.45) is 0 Å². The van der Waals surface area contributed by atoms with Gasteiger partial charge in [0.25, 0.3) is 0 Å². The smallest absolute Gasteiger partial charge is 0.411 e. The number of nitrogens with one attached hydrogen (secondary N) is 2. The van der Waals surface area contributed by atoms with Crippen molar-refractivity contribution in [2.45, 2.75) is 63.6 Å². The van der Waals surface area contributed by atoms with Crippen LogP contribution in [0.3, 0.4) is 0 Å². The fraction of sp³-hybridized carbons (Fsp3) is 0.400. The van der Waals surface area contributed by atoms with Gasteiger partial charge in [-0.15, -0.1) is 0 Å². The Bertz CT molecular complexity index is 906. The summed E-state index contributed by atoms with van der Waals surface area (Å²) in [6.07, 6.45) is 4.86. The van der Waals surface area contributed by atoms with Crippen molar-refractivity contribution < 1.29 is 14.4 Å². The molecular weight excluding hydrogens is 376 g/mol. The van der Waals surface area contributed by atoms with Gasteiger partial charge in [0.2, 0.25) is 0 Å². The van der Waals surface area contributed by atoms with E-state index in [1.54, 1.807) is 0 Å². The molecule has 1 aliphatic heterocycles. The Hall–Kier alpha value is -2.79. The summed E-state index contributed by atoms with van der Waals surface area (Å²) in [6.45, 7) is 6.50. The number of hydroxylamine groups is 1. The van der Waals surface area contributed by atoms with E-state index in [1.807, 2.05) is 42.5 Å². The van der Waals surface area contributed by atoms with Gasteiger partial charge in [0.1, 0.15) is 11.7 Å². The van der Waals surface area contributed by atoms with Crippen molar-refractivity contribution in [3.63, 3.8) is 0 Å². The molecule has 2 aromatic rings. The van der Waals surface area contributed by atoms with Crippen LogP contribution in [0.5, 0.6) is 0 Å². The maximum atomic E-state index is 12.3. The van der Waals surface area contributed by atoms with E-state index >= 15 is 0 Å². The maximum absolute atomic E-state index is 12.3. The summed E-state index contributed by atoms with van der Waals surface area (Å²) in [6, 6.07) is 18.1. The van der Waals surface area contributed by atoms with Gasteiger partial charge in [0, 0.05) is 5.69 Å². The highest BCUT2D eigenvalue weighted by atomic mass is 16.7. The molecule has 0 saturated heterocycles. The molecule has 0 unspecified atom stereocenters. The van der Waals surface area contributed by atoms with Crippen molar-refractivity contribution in [1.29, 1.82) is 0 Å². The van der Waals surface area contributed by atoms with Crippen LogP contribution in [0.4, 0.5) is 10.5 Å². The SMILES string of the molecule is CC(C)(C)c1ccc(NC(=O)OC2CCC3(C=C(c4ccccc4)NO3)CC2)cc1. The number of amides is 1. The molecule has 2 aliphatic rings. The van der Waals surface area contributed by atoms with Gasteiger partial charge in [-0.3, -0.25) is 15.6 Å². The molecule has 1 aliphatic carbocycles. The van der Waals surface area contributed by atoms with Crippen molar-refractivity contribution in [3.8, 4) is 0 Å². The molecule has 0 bridgehead atoms. The zero-order chi connectivity index (χ0) is 21.2. The number of rotatable bonds is 3. The van der Waals surface area contributed by atoms with Gasteiger partial charge in [-0.05, 0) is 60.4 Å². The second kappa shape index (κ2) is 8.15. The Morgan fingerprint density at radius 1 is 1.07 bits per heavy atom. The summed E-state index contributed by atoms with van der Waals surface area (Å²) < 4.78 is 5.66. The lowest BCUT2D eigenvalue weighted by Gasteiger charge is -2.33. The predicted octanol–water partition coefficient (Wildman–Crippen LogP) is 5.79. The summed E-state index contributed by atoms with van der Waals surface area (Å²) in [5, 5.41) is 2.84. The first-order valence-corrected chi connectivity index (χ1v) is 10.6. The lowest BCUT2D eigenvalue weighted by molar-refractivity contribution is -0.0750. The van der Waals surface area contributed by atoms with Gasteiger partial charge < -0.3 is 4.74 Å². The van der Waals surface area contributed by atoms with Crippen LogP contribution < -0.4 is 10.8 Å². The highest BCUT2D eigenvalue weighted by molar-refractivity contribution is 5.84. The second-order valence-electron chi connectivity index (χ2n) is 9.25. The number of hydrogen-bond donors (Lipinski definition) is 2. The molecule has 4 rings (SSSR count). The Morgan fingerprint density at radius 3 is 2.37 bits per heavy atom. The summed E-state index contributed by atoms with van der Waals surface area (Å²) in [5.41, 5.74) is 6.95. The number of carbonyl (C=O) groups excluding carboxylic acids is 1. The second-order valence-corrected chi connectivity index (χ2v) is 9.25. The van der Waals surface area contributed by atoms with Gasteiger partial charge in [-0.1, -0.05) is 63.2 Å². The highest BCUT2D eigenvalue weighted by Gasteiger charge is 2.40. The van der Waals surface area contributed by atoms with Crippen LogP contribution in [0.1, 0.15) is 57.6 Å². The Balaban J connectivity index is 1.29. The topological polar surface area (TPSA) is 59.6 Å². The fourth-order valence-electron chi connectivity index (χ4n) is 4.04. The third kappa shape index (κ3) is 4.68. The average molecular weight is 407 g/mol. The van der Waals surface area contributed by atoms with Gasteiger partial charge in [-0.25, -0.2) is 4.79 Å². The first-order valence-electron chi connectivity index (χ1n) is 10.6. The average Bonchev–Trinajstić information content (AvgIpc) is 3.14. The van der Waals surface area contributed by atoms with Crippen LogP contribution in [0.15, 0.2) is 60.7 Å². The number of benzene rings is 2. The third-order valence-corrected chi connectivity index (χ3v) is 5.91. The molecule has 2 aromatic carbocycles. The largest absolute Gasteiger partial charge is 0.446 e. The quantitative estimate of drug-likeness (QED) is 0.677. The molecule has 1 heterocycles. The van der Waals surface area contributed by atoms with Crippen LogP contribution in [-0.2, 0) is 15.0 Å². The molecule has 0 radical (unpaired) electrons.